The van der Waals surface area contributed by atoms with Crippen molar-refractivity contribution in [3.63, 3.8) is 0 Å². The normalized spacial score (nSPS) is 23.8. The van der Waals surface area contributed by atoms with E-state index in [1.54, 1.807) is 21.8 Å². The number of aromatic nitrogens is 3. The quantitative estimate of drug-likeness (QED) is 0.834. The van der Waals surface area contributed by atoms with Crippen molar-refractivity contribution in [3.05, 3.63) is 24.5 Å². The summed E-state index contributed by atoms with van der Waals surface area (Å²) in [4.78, 5) is 20.6. The number of piperidine rings is 2. The minimum absolute atomic E-state index is 0.00362. The van der Waals surface area contributed by atoms with Crippen LogP contribution in [-0.4, -0.2) is 57.5 Å². The molecule has 0 aromatic carbocycles. The van der Waals surface area contributed by atoms with Gasteiger partial charge in [0, 0.05) is 51.4 Å². The lowest BCUT2D eigenvalue weighted by molar-refractivity contribution is -0.141. The first-order chi connectivity index (χ1) is 12.0. The number of anilines is 1. The molecule has 0 N–H and O–H groups in total. The van der Waals surface area contributed by atoms with Gasteiger partial charge in [0.2, 0.25) is 5.91 Å². The van der Waals surface area contributed by atoms with E-state index >= 15 is 0 Å². The summed E-state index contributed by atoms with van der Waals surface area (Å²) in [6, 6.07) is 3.82. The smallest absolute Gasteiger partial charge is 0.251 e. The molecule has 1 unspecified atom stereocenters. The number of amides is 1. The number of nitrogens with zero attached hydrogens (tertiary/aromatic N) is 5. The second-order valence-electron chi connectivity index (χ2n) is 6.89. The molecule has 1 amide bonds. The van der Waals surface area contributed by atoms with Gasteiger partial charge in [-0.2, -0.15) is 0 Å². The first-order valence-corrected chi connectivity index (χ1v) is 8.74. The van der Waals surface area contributed by atoms with E-state index in [9.17, 15) is 13.6 Å². The molecule has 4 rings (SSSR count). The van der Waals surface area contributed by atoms with Gasteiger partial charge in [0.25, 0.3) is 5.92 Å². The summed E-state index contributed by atoms with van der Waals surface area (Å²) in [5, 5.41) is 4.54. The van der Waals surface area contributed by atoms with Crippen LogP contribution < -0.4 is 4.90 Å². The third-order valence-electron chi connectivity index (χ3n) is 5.14. The van der Waals surface area contributed by atoms with E-state index in [-0.39, 0.29) is 37.8 Å². The number of carbonyl (C=O) groups is 1. The Bertz CT molecular complexity index is 767. The average Bonchev–Trinajstić information content (AvgIpc) is 3.09. The van der Waals surface area contributed by atoms with Gasteiger partial charge in [-0.15, -0.1) is 5.10 Å². The second kappa shape index (κ2) is 6.24. The molecule has 0 saturated carbocycles. The van der Waals surface area contributed by atoms with E-state index in [4.69, 9.17) is 0 Å². The molecule has 2 aromatic rings. The average molecular weight is 349 g/mol. The van der Waals surface area contributed by atoms with Crippen molar-refractivity contribution in [1.82, 2.24) is 19.5 Å². The highest BCUT2D eigenvalue weighted by molar-refractivity contribution is 5.80. The SMILES string of the molecule is O=C(C1CCCN(c2ccc3nccn3n2)C1)N1CCC(F)(F)CC1. The first kappa shape index (κ1) is 16.2. The van der Waals surface area contributed by atoms with E-state index in [0.29, 0.717) is 6.54 Å². The maximum absolute atomic E-state index is 13.3. The molecule has 25 heavy (non-hydrogen) atoms. The van der Waals surface area contributed by atoms with Crippen LogP contribution in [0.3, 0.4) is 0 Å². The van der Waals surface area contributed by atoms with Crippen LogP contribution in [0.5, 0.6) is 0 Å². The standard InChI is InChI=1S/C17H21F2N5O/c18-17(19)5-9-22(10-6-17)16(25)13-2-1-8-23(12-13)15-4-3-14-20-7-11-24(14)21-15/h3-4,7,11,13H,1-2,5-6,8-10,12H2. The number of alkyl halides is 2. The Morgan fingerprint density at radius 3 is 2.80 bits per heavy atom. The molecule has 2 aliphatic heterocycles. The van der Waals surface area contributed by atoms with E-state index in [1.807, 2.05) is 12.1 Å². The van der Waals surface area contributed by atoms with Gasteiger partial charge < -0.3 is 9.80 Å². The maximum atomic E-state index is 13.3. The summed E-state index contributed by atoms with van der Waals surface area (Å²) < 4.78 is 28.3. The van der Waals surface area contributed by atoms with Crippen LogP contribution in [0.1, 0.15) is 25.7 Å². The fourth-order valence-electron chi connectivity index (χ4n) is 3.67. The topological polar surface area (TPSA) is 53.7 Å². The van der Waals surface area contributed by atoms with Gasteiger partial charge in [-0.3, -0.25) is 4.79 Å². The number of hydrogen-bond donors (Lipinski definition) is 0. The highest BCUT2D eigenvalue weighted by Gasteiger charge is 2.38. The zero-order valence-corrected chi connectivity index (χ0v) is 13.9. The number of rotatable bonds is 2. The van der Waals surface area contributed by atoms with Gasteiger partial charge in [0.05, 0.1) is 5.92 Å². The molecular weight excluding hydrogens is 328 g/mol. The van der Waals surface area contributed by atoms with Crippen molar-refractivity contribution in [3.8, 4) is 0 Å². The van der Waals surface area contributed by atoms with Crippen molar-refractivity contribution in [2.24, 2.45) is 5.92 Å². The van der Waals surface area contributed by atoms with Crippen molar-refractivity contribution < 1.29 is 13.6 Å². The molecule has 4 heterocycles. The number of likely N-dealkylation sites (tertiary alicyclic amines) is 1. The first-order valence-electron chi connectivity index (χ1n) is 8.74. The van der Waals surface area contributed by atoms with Crippen molar-refractivity contribution in [2.45, 2.75) is 31.6 Å². The Hall–Kier alpha value is -2.25. The van der Waals surface area contributed by atoms with Crippen LogP contribution in [0, 0.1) is 5.92 Å². The zero-order chi connectivity index (χ0) is 17.4. The number of carbonyl (C=O) groups excluding carboxylic acids is 1. The summed E-state index contributed by atoms with van der Waals surface area (Å²) in [7, 11) is 0. The fraction of sp³-hybridized carbons (Fsp3) is 0.588. The molecule has 2 aromatic heterocycles. The predicted octanol–water partition coefficient (Wildman–Crippen LogP) is 2.20. The van der Waals surface area contributed by atoms with Gasteiger partial charge >= 0.3 is 0 Å². The third kappa shape index (κ3) is 3.29. The van der Waals surface area contributed by atoms with Gasteiger partial charge in [-0.1, -0.05) is 0 Å². The van der Waals surface area contributed by atoms with Crippen LogP contribution >= 0.6 is 0 Å². The summed E-state index contributed by atoms with van der Waals surface area (Å²) in [5.74, 6) is -1.96. The lowest BCUT2D eigenvalue weighted by Crippen LogP contribution is -2.49. The molecule has 2 aliphatic rings. The molecule has 2 saturated heterocycles. The summed E-state index contributed by atoms with van der Waals surface area (Å²) >= 11 is 0. The van der Waals surface area contributed by atoms with Gasteiger partial charge in [-0.05, 0) is 25.0 Å². The Labute approximate surface area is 144 Å². The molecule has 8 heteroatoms. The number of fused-ring (bicyclic) bond motifs is 1. The number of hydrogen-bond acceptors (Lipinski definition) is 4. The Balaban J connectivity index is 1.44. The molecule has 0 bridgehead atoms. The minimum atomic E-state index is -2.63. The van der Waals surface area contributed by atoms with Gasteiger partial charge in [0.1, 0.15) is 5.82 Å². The van der Waals surface area contributed by atoms with E-state index < -0.39 is 5.92 Å². The number of halogens is 2. The molecule has 6 nitrogen and oxygen atoms in total. The molecule has 1 atom stereocenters. The molecule has 0 aliphatic carbocycles. The van der Waals surface area contributed by atoms with Crippen LogP contribution in [0.25, 0.3) is 5.65 Å². The second-order valence-corrected chi connectivity index (χ2v) is 6.89. The lowest BCUT2D eigenvalue weighted by atomic mass is 9.95. The van der Waals surface area contributed by atoms with Crippen LogP contribution in [-0.2, 0) is 4.79 Å². The molecular formula is C17H21F2N5O. The van der Waals surface area contributed by atoms with E-state index in [1.165, 1.54) is 0 Å². The van der Waals surface area contributed by atoms with Crippen LogP contribution in [0.4, 0.5) is 14.6 Å². The van der Waals surface area contributed by atoms with E-state index in [0.717, 1.165) is 30.9 Å². The highest BCUT2D eigenvalue weighted by Crippen LogP contribution is 2.30. The minimum Gasteiger partial charge on any atom is -0.354 e. The molecule has 134 valence electrons. The lowest BCUT2D eigenvalue weighted by Gasteiger charge is -2.38. The summed E-state index contributed by atoms with van der Waals surface area (Å²) in [5.41, 5.74) is 0.780. The zero-order valence-electron chi connectivity index (χ0n) is 13.9. The monoisotopic (exact) mass is 349 g/mol. The summed E-state index contributed by atoms with van der Waals surface area (Å²) in [6.45, 7) is 1.73. The van der Waals surface area contributed by atoms with Gasteiger partial charge in [0.15, 0.2) is 5.65 Å². The molecule has 0 spiro atoms. The summed E-state index contributed by atoms with van der Waals surface area (Å²) in [6.07, 6.45) is 4.72. The van der Waals surface area contributed by atoms with Crippen molar-refractivity contribution in [1.29, 1.82) is 0 Å². The van der Waals surface area contributed by atoms with Crippen molar-refractivity contribution in [2.75, 3.05) is 31.1 Å². The molecule has 0 radical (unpaired) electrons. The Morgan fingerprint density at radius 2 is 2.00 bits per heavy atom. The van der Waals surface area contributed by atoms with Crippen molar-refractivity contribution >= 4 is 17.4 Å². The van der Waals surface area contributed by atoms with Gasteiger partial charge in [-0.25, -0.2) is 18.3 Å². The Kier molecular flexibility index (Phi) is 4.05. The highest BCUT2D eigenvalue weighted by atomic mass is 19.3. The third-order valence-corrected chi connectivity index (χ3v) is 5.14. The predicted molar refractivity (Wildman–Crippen MR) is 88.7 cm³/mol. The van der Waals surface area contributed by atoms with Crippen LogP contribution in [0.2, 0.25) is 0 Å². The largest absolute Gasteiger partial charge is 0.354 e. The Morgan fingerprint density at radius 1 is 1.20 bits per heavy atom. The maximum Gasteiger partial charge on any atom is 0.251 e. The van der Waals surface area contributed by atoms with Crippen LogP contribution in [0.15, 0.2) is 24.5 Å². The fourth-order valence-corrected chi connectivity index (χ4v) is 3.67. The molecule has 2 fully saturated rings. The van der Waals surface area contributed by atoms with E-state index in [2.05, 4.69) is 15.0 Å². The number of imidazole rings is 1.